The van der Waals surface area contributed by atoms with Crippen LogP contribution in [0.4, 0.5) is 4.39 Å². The molecule has 2 fully saturated rings. The van der Waals surface area contributed by atoms with Crippen LogP contribution in [0.15, 0.2) is 24.4 Å². The quantitative estimate of drug-likeness (QED) is 0.843. The van der Waals surface area contributed by atoms with Crippen molar-refractivity contribution in [2.24, 2.45) is 0 Å². The molecule has 2 aromatic rings. The zero-order valence-corrected chi connectivity index (χ0v) is 13.2. The molecule has 0 unspecified atom stereocenters. The lowest BCUT2D eigenvalue weighted by atomic mass is 9.85. The van der Waals surface area contributed by atoms with Crippen LogP contribution in [0.2, 0.25) is 0 Å². The Labute approximate surface area is 138 Å². The van der Waals surface area contributed by atoms with Crippen LogP contribution in [0, 0.1) is 5.95 Å². The summed E-state index contributed by atoms with van der Waals surface area (Å²) >= 11 is 0. The molecule has 1 saturated carbocycles. The number of carbonyl (C=O) groups excluding carboxylic acids is 1. The summed E-state index contributed by atoms with van der Waals surface area (Å²) in [6, 6.07) is 4.98. The van der Waals surface area contributed by atoms with Crippen LogP contribution in [0.1, 0.15) is 53.3 Å². The van der Waals surface area contributed by atoms with Gasteiger partial charge in [-0.25, -0.2) is 4.98 Å². The van der Waals surface area contributed by atoms with Gasteiger partial charge in [-0.2, -0.15) is 9.49 Å². The molecule has 24 heavy (non-hydrogen) atoms. The second-order valence-electron chi connectivity index (χ2n) is 6.65. The van der Waals surface area contributed by atoms with Gasteiger partial charge in [-0.3, -0.25) is 9.89 Å². The number of likely N-dealkylation sites (tertiary alicyclic amines) is 1. The molecule has 2 aromatic heterocycles. The lowest BCUT2D eigenvalue weighted by molar-refractivity contribution is -0.0242. The number of hydrogen-bond acceptors (Lipinski definition) is 4. The lowest BCUT2D eigenvalue weighted by Crippen LogP contribution is -2.45. The molecule has 1 saturated heterocycles. The van der Waals surface area contributed by atoms with E-state index in [0.717, 1.165) is 18.5 Å². The van der Waals surface area contributed by atoms with Crippen molar-refractivity contribution in [1.29, 1.82) is 0 Å². The van der Waals surface area contributed by atoms with Crippen molar-refractivity contribution in [2.45, 2.75) is 37.2 Å². The summed E-state index contributed by atoms with van der Waals surface area (Å²) in [7, 11) is 0. The van der Waals surface area contributed by atoms with Gasteiger partial charge in [0, 0.05) is 36.5 Å². The van der Waals surface area contributed by atoms with E-state index in [-0.39, 0.29) is 24.3 Å². The molecule has 1 aliphatic carbocycles. The molecular formula is C17H19FN4O2. The molecular weight excluding hydrogens is 311 g/mol. The van der Waals surface area contributed by atoms with Gasteiger partial charge >= 0.3 is 0 Å². The van der Waals surface area contributed by atoms with E-state index < -0.39 is 11.5 Å². The van der Waals surface area contributed by atoms with Gasteiger partial charge in [-0.1, -0.05) is 6.07 Å². The average molecular weight is 330 g/mol. The first-order chi connectivity index (χ1) is 11.6. The fourth-order valence-corrected chi connectivity index (χ4v) is 3.29. The van der Waals surface area contributed by atoms with Crippen LogP contribution in [0.3, 0.4) is 0 Å². The fourth-order valence-electron chi connectivity index (χ4n) is 3.29. The summed E-state index contributed by atoms with van der Waals surface area (Å²) in [5.41, 5.74) is 0.354. The molecule has 0 bridgehead atoms. The number of pyridine rings is 1. The van der Waals surface area contributed by atoms with Crippen LogP contribution in [-0.4, -0.2) is 44.2 Å². The molecule has 3 heterocycles. The van der Waals surface area contributed by atoms with Gasteiger partial charge in [0.05, 0.1) is 5.60 Å². The van der Waals surface area contributed by atoms with E-state index in [1.165, 1.54) is 6.20 Å². The van der Waals surface area contributed by atoms with Crippen LogP contribution >= 0.6 is 0 Å². The predicted molar refractivity (Wildman–Crippen MR) is 83.8 cm³/mol. The van der Waals surface area contributed by atoms with Gasteiger partial charge < -0.3 is 10.0 Å². The molecule has 0 radical (unpaired) electrons. The average Bonchev–Trinajstić information content (AvgIpc) is 3.32. The Kier molecular flexibility index (Phi) is 3.60. The van der Waals surface area contributed by atoms with E-state index in [1.54, 1.807) is 17.0 Å². The molecule has 1 amide bonds. The summed E-state index contributed by atoms with van der Waals surface area (Å²) in [6.07, 6.45) is 4.20. The number of halogens is 1. The summed E-state index contributed by atoms with van der Waals surface area (Å²) < 4.78 is 13.9. The van der Waals surface area contributed by atoms with E-state index in [1.807, 2.05) is 6.07 Å². The van der Waals surface area contributed by atoms with Crippen molar-refractivity contribution >= 4 is 5.91 Å². The van der Waals surface area contributed by atoms with Crippen molar-refractivity contribution in [3.63, 3.8) is 0 Å². The van der Waals surface area contributed by atoms with E-state index in [9.17, 15) is 14.3 Å². The van der Waals surface area contributed by atoms with Crippen molar-refractivity contribution in [2.75, 3.05) is 13.1 Å². The van der Waals surface area contributed by atoms with Crippen LogP contribution in [0.25, 0.3) is 0 Å². The van der Waals surface area contributed by atoms with Gasteiger partial charge in [0.2, 0.25) is 5.95 Å². The highest BCUT2D eigenvalue weighted by atomic mass is 19.1. The molecule has 4 rings (SSSR count). The Balaban J connectivity index is 1.45. The SMILES string of the molecule is O=C(c1cc(C2CC2)[nH]n1)N1CCC(O)(c2cccnc2F)CC1. The van der Waals surface area contributed by atoms with Crippen molar-refractivity contribution in [3.05, 3.63) is 47.3 Å². The maximum absolute atomic E-state index is 13.9. The first kappa shape index (κ1) is 15.3. The van der Waals surface area contributed by atoms with Gasteiger partial charge in [0.1, 0.15) is 5.69 Å². The molecule has 2 aliphatic rings. The molecule has 1 aliphatic heterocycles. The summed E-state index contributed by atoms with van der Waals surface area (Å²) in [6.45, 7) is 0.713. The monoisotopic (exact) mass is 330 g/mol. The zero-order valence-electron chi connectivity index (χ0n) is 13.2. The Hall–Kier alpha value is -2.28. The molecule has 0 aromatic carbocycles. The summed E-state index contributed by atoms with van der Waals surface area (Å²) in [5, 5.41) is 17.8. The molecule has 126 valence electrons. The first-order valence-electron chi connectivity index (χ1n) is 8.25. The Bertz CT molecular complexity index is 763. The lowest BCUT2D eigenvalue weighted by Gasteiger charge is -2.38. The number of hydrogen-bond donors (Lipinski definition) is 2. The highest BCUT2D eigenvalue weighted by molar-refractivity contribution is 5.92. The number of piperidine rings is 1. The predicted octanol–water partition coefficient (Wildman–Crippen LogP) is 1.94. The van der Waals surface area contributed by atoms with Crippen LogP contribution in [0.5, 0.6) is 0 Å². The second kappa shape index (κ2) is 5.66. The molecule has 6 nitrogen and oxygen atoms in total. The number of nitrogens with zero attached hydrogens (tertiary/aromatic N) is 3. The van der Waals surface area contributed by atoms with E-state index in [2.05, 4.69) is 15.2 Å². The van der Waals surface area contributed by atoms with Gasteiger partial charge in [0.25, 0.3) is 5.91 Å². The molecule has 0 spiro atoms. The topological polar surface area (TPSA) is 82.1 Å². The number of aliphatic hydroxyl groups is 1. The normalized spacial score (nSPS) is 20.2. The third-order valence-electron chi connectivity index (χ3n) is 4.97. The summed E-state index contributed by atoms with van der Waals surface area (Å²) in [4.78, 5) is 17.8. The maximum Gasteiger partial charge on any atom is 0.274 e. The third-order valence-corrected chi connectivity index (χ3v) is 4.97. The number of nitrogens with one attached hydrogen (secondary N) is 1. The zero-order chi connectivity index (χ0) is 16.7. The first-order valence-corrected chi connectivity index (χ1v) is 8.25. The molecule has 2 N–H and O–H groups in total. The van der Waals surface area contributed by atoms with Crippen LogP contribution in [-0.2, 0) is 5.60 Å². The van der Waals surface area contributed by atoms with E-state index >= 15 is 0 Å². The van der Waals surface area contributed by atoms with Crippen LogP contribution < -0.4 is 0 Å². The third kappa shape index (κ3) is 2.69. The minimum atomic E-state index is -1.28. The maximum atomic E-state index is 13.9. The van der Waals surface area contributed by atoms with Crippen molar-refractivity contribution in [3.8, 4) is 0 Å². The number of carbonyl (C=O) groups is 1. The number of aromatic nitrogens is 3. The van der Waals surface area contributed by atoms with E-state index in [0.29, 0.717) is 24.7 Å². The fraction of sp³-hybridized carbons (Fsp3) is 0.471. The smallest absolute Gasteiger partial charge is 0.274 e. The number of amides is 1. The Morgan fingerprint density at radius 3 is 2.79 bits per heavy atom. The van der Waals surface area contributed by atoms with E-state index in [4.69, 9.17) is 0 Å². The minimum Gasteiger partial charge on any atom is -0.385 e. The standard InChI is InChI=1S/C17H19FN4O2/c18-15-12(2-1-7-19-15)17(24)5-8-22(9-6-17)16(23)14-10-13(20-21-14)11-3-4-11/h1-2,7,10-11,24H,3-6,8-9H2,(H,20,21). The number of aromatic amines is 1. The van der Waals surface area contributed by atoms with Crippen molar-refractivity contribution < 1.29 is 14.3 Å². The minimum absolute atomic E-state index is 0.146. The Morgan fingerprint density at radius 1 is 1.38 bits per heavy atom. The second-order valence-corrected chi connectivity index (χ2v) is 6.65. The van der Waals surface area contributed by atoms with Gasteiger partial charge in [0.15, 0.2) is 0 Å². The summed E-state index contributed by atoms with van der Waals surface area (Å²) in [5.74, 6) is -0.285. The largest absolute Gasteiger partial charge is 0.385 e. The van der Waals surface area contributed by atoms with Gasteiger partial charge in [-0.15, -0.1) is 0 Å². The highest BCUT2D eigenvalue weighted by Gasteiger charge is 2.38. The number of H-pyrrole nitrogens is 1. The highest BCUT2D eigenvalue weighted by Crippen LogP contribution is 2.39. The Morgan fingerprint density at radius 2 is 2.12 bits per heavy atom. The molecule has 7 heteroatoms. The van der Waals surface area contributed by atoms with Crippen molar-refractivity contribution in [1.82, 2.24) is 20.1 Å². The molecule has 0 atom stereocenters. The number of rotatable bonds is 3. The van der Waals surface area contributed by atoms with Gasteiger partial charge in [-0.05, 0) is 37.8 Å².